The quantitative estimate of drug-likeness (QED) is 0.679. The van der Waals surface area contributed by atoms with E-state index in [0.29, 0.717) is 0 Å². The number of nitrogens with zero attached hydrogens (tertiary/aromatic N) is 2. The molecule has 0 aliphatic carbocycles. The molecule has 1 atom stereocenters. The van der Waals surface area contributed by atoms with Crippen molar-refractivity contribution in [3.63, 3.8) is 0 Å². The van der Waals surface area contributed by atoms with Gasteiger partial charge >= 0.3 is 0 Å². The molecule has 24 heavy (non-hydrogen) atoms. The second kappa shape index (κ2) is 5.58. The molecule has 0 spiro atoms. The van der Waals surface area contributed by atoms with Gasteiger partial charge in [-0.15, -0.1) is 0 Å². The maximum absolute atomic E-state index is 11.3. The molecule has 2 aromatic carbocycles. The van der Waals surface area contributed by atoms with Crippen molar-refractivity contribution in [3.05, 3.63) is 58.1 Å². The lowest BCUT2D eigenvalue weighted by atomic mass is 9.88. The monoisotopic (exact) mass is 325 g/mol. The summed E-state index contributed by atoms with van der Waals surface area (Å²) in [5.41, 5.74) is 2.23. The van der Waals surface area contributed by atoms with E-state index in [4.69, 9.17) is 4.74 Å². The van der Waals surface area contributed by atoms with Gasteiger partial charge in [0.25, 0.3) is 5.69 Å². The fourth-order valence-corrected chi connectivity index (χ4v) is 3.64. The summed E-state index contributed by atoms with van der Waals surface area (Å²) in [5.74, 6) is 0.819. The first-order valence-corrected chi connectivity index (χ1v) is 8.13. The number of piperazine rings is 1. The topological polar surface area (TPSA) is 67.6 Å². The molecule has 0 saturated carbocycles. The summed E-state index contributed by atoms with van der Waals surface area (Å²) in [6.45, 7) is 5.44. The van der Waals surface area contributed by atoms with Crippen molar-refractivity contribution in [2.45, 2.75) is 12.6 Å². The number of para-hydroxylation sites is 1. The zero-order chi connectivity index (χ0) is 16.7. The molecule has 1 N–H and O–H groups in total. The molecule has 1 saturated heterocycles. The third kappa shape index (κ3) is 2.26. The van der Waals surface area contributed by atoms with Gasteiger partial charge in [-0.1, -0.05) is 18.2 Å². The normalized spacial score (nSPS) is 23.0. The highest BCUT2D eigenvalue weighted by Gasteiger charge is 2.43. The highest BCUT2D eigenvalue weighted by molar-refractivity contribution is 5.77. The number of ether oxygens (including phenoxy) is 1. The standard InChI is InChI=1S/C18H19N3O3/c1-18(20-10-8-19-9-11-20)16-12-13(21(22)23)6-7-14(16)15-4-2-3-5-17(15)24-18/h2-7,12,19H,8-11H2,1H3. The van der Waals surface area contributed by atoms with Gasteiger partial charge in [-0.25, -0.2) is 0 Å². The van der Waals surface area contributed by atoms with Gasteiger partial charge in [0.05, 0.1) is 4.92 Å². The maximum atomic E-state index is 11.3. The van der Waals surface area contributed by atoms with Crippen LogP contribution in [-0.2, 0) is 5.72 Å². The van der Waals surface area contributed by atoms with Crippen LogP contribution in [0.15, 0.2) is 42.5 Å². The van der Waals surface area contributed by atoms with Crippen LogP contribution in [0.1, 0.15) is 12.5 Å². The first-order chi connectivity index (χ1) is 11.6. The average Bonchev–Trinajstić information content (AvgIpc) is 2.62. The van der Waals surface area contributed by atoms with E-state index < -0.39 is 5.72 Å². The number of nitrogens with one attached hydrogen (secondary N) is 1. The zero-order valence-electron chi connectivity index (χ0n) is 13.5. The molecule has 2 aromatic rings. The summed E-state index contributed by atoms with van der Waals surface area (Å²) >= 11 is 0. The SMILES string of the molecule is CC1(N2CCNCC2)Oc2ccccc2-c2ccc([N+](=O)[O-])cc21. The summed E-state index contributed by atoms with van der Waals surface area (Å²) < 4.78 is 6.40. The van der Waals surface area contributed by atoms with Crippen LogP contribution < -0.4 is 10.1 Å². The largest absolute Gasteiger partial charge is 0.468 e. The molecule has 2 aliphatic heterocycles. The highest BCUT2D eigenvalue weighted by Crippen LogP contribution is 2.47. The molecule has 2 heterocycles. The van der Waals surface area contributed by atoms with E-state index in [0.717, 1.165) is 48.6 Å². The Hall–Kier alpha value is -2.44. The van der Waals surface area contributed by atoms with E-state index in [2.05, 4.69) is 10.2 Å². The van der Waals surface area contributed by atoms with Crippen molar-refractivity contribution in [1.29, 1.82) is 0 Å². The lowest BCUT2D eigenvalue weighted by Gasteiger charge is -2.46. The van der Waals surface area contributed by atoms with Gasteiger partial charge in [0, 0.05) is 49.4 Å². The summed E-state index contributed by atoms with van der Waals surface area (Å²) in [4.78, 5) is 13.2. The van der Waals surface area contributed by atoms with Crippen LogP contribution in [0, 0.1) is 10.1 Å². The predicted octanol–water partition coefficient (Wildman–Crippen LogP) is 2.73. The van der Waals surface area contributed by atoms with E-state index in [1.807, 2.05) is 37.3 Å². The molecule has 0 aromatic heterocycles. The molecule has 0 amide bonds. The maximum Gasteiger partial charge on any atom is 0.269 e. The molecule has 124 valence electrons. The van der Waals surface area contributed by atoms with Crippen molar-refractivity contribution in [2.24, 2.45) is 0 Å². The van der Waals surface area contributed by atoms with Crippen molar-refractivity contribution in [3.8, 4) is 16.9 Å². The van der Waals surface area contributed by atoms with Crippen molar-refractivity contribution < 1.29 is 9.66 Å². The molecule has 1 unspecified atom stereocenters. The Morgan fingerprint density at radius 2 is 1.92 bits per heavy atom. The van der Waals surface area contributed by atoms with Crippen LogP contribution in [0.4, 0.5) is 5.69 Å². The van der Waals surface area contributed by atoms with Gasteiger partial charge in [0.1, 0.15) is 5.75 Å². The first-order valence-electron chi connectivity index (χ1n) is 8.13. The van der Waals surface area contributed by atoms with Crippen LogP contribution in [0.3, 0.4) is 0 Å². The molecule has 6 heteroatoms. The van der Waals surface area contributed by atoms with E-state index in [1.165, 1.54) is 0 Å². The number of nitro benzene ring substituents is 1. The van der Waals surface area contributed by atoms with E-state index in [-0.39, 0.29) is 10.6 Å². The Labute approximate surface area is 140 Å². The molecule has 2 aliphatic rings. The van der Waals surface area contributed by atoms with Gasteiger partial charge in [-0.3, -0.25) is 15.0 Å². The summed E-state index contributed by atoms with van der Waals surface area (Å²) in [5, 5.41) is 14.6. The number of hydrogen-bond acceptors (Lipinski definition) is 5. The summed E-state index contributed by atoms with van der Waals surface area (Å²) in [7, 11) is 0. The van der Waals surface area contributed by atoms with Gasteiger partial charge in [-0.05, 0) is 24.6 Å². The van der Waals surface area contributed by atoms with E-state index in [9.17, 15) is 10.1 Å². The van der Waals surface area contributed by atoms with Gasteiger partial charge in [0.15, 0.2) is 5.72 Å². The summed E-state index contributed by atoms with van der Waals surface area (Å²) in [6, 6.07) is 12.9. The predicted molar refractivity (Wildman–Crippen MR) is 91.0 cm³/mol. The van der Waals surface area contributed by atoms with Crippen LogP contribution >= 0.6 is 0 Å². The lowest BCUT2D eigenvalue weighted by Crippen LogP contribution is -2.56. The Morgan fingerprint density at radius 3 is 2.67 bits per heavy atom. The molecule has 0 radical (unpaired) electrons. The van der Waals surface area contributed by atoms with Crippen LogP contribution in [-0.4, -0.2) is 36.0 Å². The molecule has 6 nitrogen and oxygen atoms in total. The van der Waals surface area contributed by atoms with Crippen molar-refractivity contribution in [2.75, 3.05) is 26.2 Å². The second-order valence-electron chi connectivity index (χ2n) is 6.31. The number of hydrogen-bond donors (Lipinski definition) is 1. The van der Waals surface area contributed by atoms with Crippen LogP contribution in [0.2, 0.25) is 0 Å². The number of nitro groups is 1. The minimum absolute atomic E-state index is 0.0955. The van der Waals surface area contributed by atoms with Gasteiger partial charge in [-0.2, -0.15) is 0 Å². The molecule has 0 bridgehead atoms. The minimum Gasteiger partial charge on any atom is -0.468 e. The van der Waals surface area contributed by atoms with E-state index >= 15 is 0 Å². The van der Waals surface area contributed by atoms with E-state index in [1.54, 1.807) is 12.1 Å². The Kier molecular flexibility index (Phi) is 3.51. The zero-order valence-corrected chi connectivity index (χ0v) is 13.5. The fourth-order valence-electron chi connectivity index (χ4n) is 3.64. The number of rotatable bonds is 2. The van der Waals surface area contributed by atoms with Crippen molar-refractivity contribution >= 4 is 5.69 Å². The smallest absolute Gasteiger partial charge is 0.269 e. The fraction of sp³-hybridized carbons (Fsp3) is 0.333. The summed E-state index contributed by atoms with van der Waals surface area (Å²) in [6.07, 6.45) is 0. The minimum atomic E-state index is -0.711. The third-order valence-electron chi connectivity index (χ3n) is 4.92. The molecule has 1 fully saturated rings. The van der Waals surface area contributed by atoms with Crippen molar-refractivity contribution in [1.82, 2.24) is 10.2 Å². The number of benzene rings is 2. The lowest BCUT2D eigenvalue weighted by molar-refractivity contribution is -0.385. The van der Waals surface area contributed by atoms with Gasteiger partial charge in [0.2, 0.25) is 0 Å². The Balaban J connectivity index is 1.91. The number of non-ortho nitro benzene ring substituents is 1. The number of fused-ring (bicyclic) bond motifs is 3. The second-order valence-corrected chi connectivity index (χ2v) is 6.31. The molecular formula is C18H19N3O3. The van der Waals surface area contributed by atoms with Crippen LogP contribution in [0.5, 0.6) is 5.75 Å². The van der Waals surface area contributed by atoms with Gasteiger partial charge < -0.3 is 10.1 Å². The highest BCUT2D eigenvalue weighted by atomic mass is 16.6. The van der Waals surface area contributed by atoms with Crippen LogP contribution in [0.25, 0.3) is 11.1 Å². The molecular weight excluding hydrogens is 306 g/mol. The Morgan fingerprint density at radius 1 is 1.17 bits per heavy atom. The third-order valence-corrected chi connectivity index (χ3v) is 4.92. The Bertz CT molecular complexity index is 802. The first kappa shape index (κ1) is 15.1. The molecule has 4 rings (SSSR count). The average molecular weight is 325 g/mol.